The second kappa shape index (κ2) is 6.80. The molecule has 3 N–H and O–H groups in total. The predicted molar refractivity (Wildman–Crippen MR) is 90.7 cm³/mol. The van der Waals surface area contributed by atoms with Crippen molar-refractivity contribution in [3.63, 3.8) is 0 Å². The number of hydrogen-bond donors (Lipinski definition) is 2. The molecule has 2 aromatic rings. The summed E-state index contributed by atoms with van der Waals surface area (Å²) >= 11 is 1.49. The number of aromatic nitrogens is 2. The van der Waals surface area contributed by atoms with Crippen molar-refractivity contribution in [2.24, 2.45) is 0 Å². The molecule has 0 aliphatic heterocycles. The summed E-state index contributed by atoms with van der Waals surface area (Å²) in [5, 5.41) is 4.15. The predicted octanol–water partition coefficient (Wildman–Crippen LogP) is 3.60. The van der Waals surface area contributed by atoms with Crippen LogP contribution >= 0.6 is 11.8 Å². The van der Waals surface area contributed by atoms with Gasteiger partial charge in [-0.3, -0.25) is 0 Å². The molecule has 0 spiro atoms. The normalized spacial score (nSPS) is 11.4. The minimum atomic E-state index is -0.0632. The lowest BCUT2D eigenvalue weighted by atomic mass is 9.95. The van der Waals surface area contributed by atoms with Crippen LogP contribution in [-0.2, 0) is 6.42 Å². The highest BCUT2D eigenvalue weighted by atomic mass is 32.2. The molecule has 1 heterocycles. The highest BCUT2D eigenvalue weighted by Crippen LogP contribution is 2.22. The number of thioether (sulfide) groups is 1. The molecule has 1 aromatic heterocycles. The van der Waals surface area contributed by atoms with Crippen molar-refractivity contribution in [1.82, 2.24) is 9.97 Å². The Kier molecular flexibility index (Phi) is 5.07. The van der Waals surface area contributed by atoms with Crippen LogP contribution in [0, 0.1) is 0 Å². The number of hydrogen-bond acceptors (Lipinski definition) is 5. The minimum absolute atomic E-state index is 0.0632. The summed E-state index contributed by atoms with van der Waals surface area (Å²) in [7, 11) is 0. The van der Waals surface area contributed by atoms with Gasteiger partial charge in [0.2, 0.25) is 0 Å². The highest BCUT2D eigenvalue weighted by molar-refractivity contribution is 7.98. The number of nitrogens with two attached hydrogens (primary N) is 1. The molecule has 0 radical (unpaired) electrons. The van der Waals surface area contributed by atoms with Crippen LogP contribution in [-0.4, -0.2) is 21.8 Å². The smallest absolute Gasteiger partial charge is 0.191 e. The Morgan fingerprint density at radius 1 is 1.19 bits per heavy atom. The fourth-order valence-electron chi connectivity index (χ4n) is 2.11. The van der Waals surface area contributed by atoms with Gasteiger partial charge in [-0.05, 0) is 38.5 Å². The van der Waals surface area contributed by atoms with Crippen LogP contribution in [0.1, 0.15) is 25.8 Å². The van der Waals surface area contributed by atoms with E-state index in [0.29, 0.717) is 11.0 Å². The van der Waals surface area contributed by atoms with E-state index >= 15 is 0 Å². The summed E-state index contributed by atoms with van der Waals surface area (Å²) in [4.78, 5) is 8.62. The number of nitrogen functional groups attached to an aromatic ring is 1. The SMILES string of the molecule is CSc1nc(N)cc(NC(C)(C)CCc2ccccc2)n1. The Hall–Kier alpha value is -1.75. The van der Waals surface area contributed by atoms with Crippen molar-refractivity contribution >= 4 is 23.4 Å². The van der Waals surface area contributed by atoms with Gasteiger partial charge in [-0.15, -0.1) is 0 Å². The van der Waals surface area contributed by atoms with Gasteiger partial charge in [0.05, 0.1) is 0 Å². The van der Waals surface area contributed by atoms with Crippen LogP contribution in [0.2, 0.25) is 0 Å². The van der Waals surface area contributed by atoms with Gasteiger partial charge in [-0.2, -0.15) is 0 Å². The Morgan fingerprint density at radius 2 is 1.90 bits per heavy atom. The van der Waals surface area contributed by atoms with E-state index in [4.69, 9.17) is 5.73 Å². The van der Waals surface area contributed by atoms with Crippen LogP contribution in [0.4, 0.5) is 11.6 Å². The highest BCUT2D eigenvalue weighted by Gasteiger charge is 2.18. The molecule has 0 saturated carbocycles. The first-order valence-electron chi connectivity index (χ1n) is 6.99. The van der Waals surface area contributed by atoms with Crippen molar-refractivity contribution < 1.29 is 0 Å². The van der Waals surface area contributed by atoms with Crippen molar-refractivity contribution in [3.05, 3.63) is 42.0 Å². The van der Waals surface area contributed by atoms with Gasteiger partial charge >= 0.3 is 0 Å². The second-order valence-corrected chi connectivity index (χ2v) is 6.43. The number of rotatable bonds is 6. The summed E-state index contributed by atoms with van der Waals surface area (Å²) in [5.41, 5.74) is 7.10. The van der Waals surface area contributed by atoms with Gasteiger partial charge in [0, 0.05) is 11.6 Å². The fourth-order valence-corrected chi connectivity index (χ4v) is 2.50. The number of aryl methyl sites for hydroxylation is 1. The van der Waals surface area contributed by atoms with E-state index in [1.165, 1.54) is 17.3 Å². The fraction of sp³-hybridized carbons (Fsp3) is 0.375. The third kappa shape index (κ3) is 4.93. The Morgan fingerprint density at radius 3 is 2.57 bits per heavy atom. The molecule has 0 fully saturated rings. The van der Waals surface area contributed by atoms with E-state index in [2.05, 4.69) is 53.4 Å². The van der Waals surface area contributed by atoms with Crippen LogP contribution in [0.25, 0.3) is 0 Å². The van der Waals surface area contributed by atoms with Crippen LogP contribution in [0.5, 0.6) is 0 Å². The van der Waals surface area contributed by atoms with Gasteiger partial charge in [-0.1, -0.05) is 42.1 Å². The quantitative estimate of drug-likeness (QED) is 0.630. The van der Waals surface area contributed by atoms with Crippen LogP contribution < -0.4 is 11.1 Å². The molecule has 21 heavy (non-hydrogen) atoms. The van der Waals surface area contributed by atoms with E-state index in [9.17, 15) is 0 Å². The second-order valence-electron chi connectivity index (χ2n) is 5.66. The molecule has 0 aliphatic rings. The number of nitrogens with zero attached hydrogens (tertiary/aromatic N) is 2. The maximum absolute atomic E-state index is 5.81. The average Bonchev–Trinajstić information content (AvgIpc) is 2.45. The summed E-state index contributed by atoms with van der Waals surface area (Å²) in [6.07, 6.45) is 3.98. The summed E-state index contributed by atoms with van der Waals surface area (Å²) < 4.78 is 0. The Bertz CT molecular complexity index is 584. The molecule has 0 unspecified atom stereocenters. The van der Waals surface area contributed by atoms with Crippen molar-refractivity contribution in [2.45, 2.75) is 37.4 Å². The lowest BCUT2D eigenvalue weighted by Gasteiger charge is -2.27. The Labute approximate surface area is 130 Å². The molecule has 0 amide bonds. The average molecular weight is 302 g/mol. The molecule has 0 bridgehead atoms. The lowest BCUT2D eigenvalue weighted by Crippen LogP contribution is -2.32. The molecule has 0 aliphatic carbocycles. The summed E-state index contributed by atoms with van der Waals surface area (Å²) in [6, 6.07) is 12.3. The van der Waals surface area contributed by atoms with Gasteiger partial charge in [0.25, 0.3) is 0 Å². The van der Waals surface area contributed by atoms with E-state index < -0.39 is 0 Å². The summed E-state index contributed by atoms with van der Waals surface area (Å²) in [6.45, 7) is 4.35. The molecule has 1 aromatic carbocycles. The monoisotopic (exact) mass is 302 g/mol. The molecular formula is C16H22N4S. The van der Waals surface area contributed by atoms with Crippen LogP contribution in [0.15, 0.2) is 41.6 Å². The number of benzene rings is 1. The van der Waals surface area contributed by atoms with E-state index in [0.717, 1.165) is 18.7 Å². The first-order chi connectivity index (χ1) is 9.98. The maximum atomic E-state index is 5.81. The third-order valence-electron chi connectivity index (χ3n) is 3.26. The molecule has 2 rings (SSSR count). The van der Waals surface area contributed by atoms with Gasteiger partial charge in [-0.25, -0.2) is 9.97 Å². The van der Waals surface area contributed by atoms with Gasteiger partial charge in [0.1, 0.15) is 11.6 Å². The molecule has 0 atom stereocenters. The molecule has 0 saturated heterocycles. The van der Waals surface area contributed by atoms with Crippen molar-refractivity contribution in [3.8, 4) is 0 Å². The van der Waals surface area contributed by atoms with Gasteiger partial charge in [0.15, 0.2) is 5.16 Å². The molecule has 112 valence electrons. The summed E-state index contributed by atoms with van der Waals surface area (Å²) in [5.74, 6) is 1.28. The zero-order chi connectivity index (χ0) is 15.3. The van der Waals surface area contributed by atoms with E-state index in [1.807, 2.05) is 12.3 Å². The zero-order valence-corrected chi connectivity index (χ0v) is 13.6. The zero-order valence-electron chi connectivity index (χ0n) is 12.8. The number of nitrogens with one attached hydrogen (secondary N) is 1. The van der Waals surface area contributed by atoms with E-state index in [-0.39, 0.29) is 5.54 Å². The van der Waals surface area contributed by atoms with Crippen LogP contribution in [0.3, 0.4) is 0 Å². The van der Waals surface area contributed by atoms with E-state index in [1.54, 1.807) is 6.07 Å². The largest absolute Gasteiger partial charge is 0.383 e. The van der Waals surface area contributed by atoms with Crippen molar-refractivity contribution in [1.29, 1.82) is 0 Å². The molecule has 5 heteroatoms. The lowest BCUT2D eigenvalue weighted by molar-refractivity contribution is 0.516. The standard InChI is InChI=1S/C16H22N4S/c1-16(2,10-9-12-7-5-4-6-8-12)20-14-11-13(17)18-15(19-14)21-3/h4-8,11H,9-10H2,1-3H3,(H3,17,18,19,20). The van der Waals surface area contributed by atoms with Gasteiger partial charge < -0.3 is 11.1 Å². The third-order valence-corrected chi connectivity index (χ3v) is 3.80. The minimum Gasteiger partial charge on any atom is -0.383 e. The topological polar surface area (TPSA) is 63.8 Å². The first-order valence-corrected chi connectivity index (χ1v) is 8.22. The van der Waals surface area contributed by atoms with Crippen molar-refractivity contribution in [2.75, 3.05) is 17.3 Å². The Balaban J connectivity index is 2.01. The molecular weight excluding hydrogens is 280 g/mol. The number of anilines is 2. The molecule has 4 nitrogen and oxygen atoms in total. The maximum Gasteiger partial charge on any atom is 0.191 e. The first kappa shape index (κ1) is 15.6.